The topological polar surface area (TPSA) is 45.5 Å². The Bertz CT molecular complexity index is 702. The molecule has 2 aliphatic rings. The zero-order chi connectivity index (χ0) is 14.9. The normalized spacial score (nSPS) is 17.7. The van der Waals surface area contributed by atoms with Gasteiger partial charge in [-0.15, -0.1) is 12.4 Å². The first-order valence-corrected chi connectivity index (χ1v) is 8.31. The second kappa shape index (κ2) is 6.93. The van der Waals surface area contributed by atoms with Crippen molar-refractivity contribution in [1.29, 1.82) is 0 Å². The van der Waals surface area contributed by atoms with Gasteiger partial charge in [-0.05, 0) is 55.5 Å². The van der Waals surface area contributed by atoms with E-state index in [9.17, 15) is 4.79 Å². The van der Waals surface area contributed by atoms with E-state index in [1.165, 1.54) is 17.5 Å². The molecule has 0 radical (unpaired) electrons. The SMILES string of the molecule is Cl.O=C(Cc1coc2cc3c(cc12)CCC3)N1CCCNCC1. The minimum Gasteiger partial charge on any atom is -0.464 e. The van der Waals surface area contributed by atoms with Crippen molar-refractivity contribution >= 4 is 29.3 Å². The number of benzene rings is 1. The molecule has 0 bridgehead atoms. The van der Waals surface area contributed by atoms with Crippen molar-refractivity contribution in [3.63, 3.8) is 0 Å². The molecule has 2 aromatic rings. The summed E-state index contributed by atoms with van der Waals surface area (Å²) in [7, 11) is 0. The Hall–Kier alpha value is -1.52. The molecule has 0 spiro atoms. The molecule has 1 saturated heterocycles. The number of nitrogens with one attached hydrogen (secondary N) is 1. The van der Waals surface area contributed by atoms with Crippen LogP contribution in [0.1, 0.15) is 29.5 Å². The summed E-state index contributed by atoms with van der Waals surface area (Å²) in [5.74, 6) is 0.215. The van der Waals surface area contributed by atoms with Crippen molar-refractivity contribution in [2.45, 2.75) is 32.1 Å². The number of hydrogen-bond donors (Lipinski definition) is 1. The van der Waals surface area contributed by atoms with Gasteiger partial charge < -0.3 is 14.6 Å². The number of furan rings is 1. The van der Waals surface area contributed by atoms with Gasteiger partial charge in [0.05, 0.1) is 12.7 Å². The first-order chi connectivity index (χ1) is 10.8. The van der Waals surface area contributed by atoms with Crippen LogP contribution >= 0.6 is 12.4 Å². The van der Waals surface area contributed by atoms with Crippen LogP contribution in [0.15, 0.2) is 22.8 Å². The second-order valence-corrected chi connectivity index (χ2v) is 6.39. The largest absolute Gasteiger partial charge is 0.464 e. The number of hydrogen-bond acceptors (Lipinski definition) is 3. The predicted molar refractivity (Wildman–Crippen MR) is 93.3 cm³/mol. The highest BCUT2D eigenvalue weighted by Crippen LogP contribution is 2.30. The smallest absolute Gasteiger partial charge is 0.227 e. The van der Waals surface area contributed by atoms with Crippen LogP contribution < -0.4 is 5.32 Å². The van der Waals surface area contributed by atoms with E-state index in [1.807, 2.05) is 4.90 Å². The van der Waals surface area contributed by atoms with E-state index in [-0.39, 0.29) is 18.3 Å². The number of fused-ring (bicyclic) bond motifs is 2. The molecule has 23 heavy (non-hydrogen) atoms. The number of carbonyl (C=O) groups is 1. The third-order valence-corrected chi connectivity index (χ3v) is 4.90. The Balaban J connectivity index is 0.00000156. The molecule has 1 fully saturated rings. The van der Waals surface area contributed by atoms with Gasteiger partial charge in [-0.1, -0.05) is 0 Å². The molecule has 0 unspecified atom stereocenters. The van der Waals surface area contributed by atoms with Crippen molar-refractivity contribution < 1.29 is 9.21 Å². The predicted octanol–water partition coefficient (Wildman–Crippen LogP) is 2.71. The third-order valence-electron chi connectivity index (χ3n) is 4.90. The lowest BCUT2D eigenvalue weighted by Gasteiger charge is -2.19. The van der Waals surface area contributed by atoms with Crippen molar-refractivity contribution in [1.82, 2.24) is 10.2 Å². The zero-order valence-electron chi connectivity index (χ0n) is 13.3. The summed E-state index contributed by atoms with van der Waals surface area (Å²) < 4.78 is 5.70. The Morgan fingerprint density at radius 3 is 2.83 bits per heavy atom. The van der Waals surface area contributed by atoms with E-state index in [0.29, 0.717) is 6.42 Å². The molecule has 1 amide bonds. The van der Waals surface area contributed by atoms with Crippen LogP contribution in [-0.4, -0.2) is 37.0 Å². The average molecular weight is 335 g/mol. The minimum absolute atomic E-state index is 0. The number of halogens is 1. The van der Waals surface area contributed by atoms with Crippen LogP contribution in [0, 0.1) is 0 Å². The molecular weight excluding hydrogens is 312 g/mol. The lowest BCUT2D eigenvalue weighted by molar-refractivity contribution is -0.130. The highest BCUT2D eigenvalue weighted by molar-refractivity contribution is 5.88. The maximum Gasteiger partial charge on any atom is 0.227 e. The van der Waals surface area contributed by atoms with Crippen molar-refractivity contribution in [3.05, 3.63) is 35.1 Å². The molecule has 0 atom stereocenters. The summed E-state index contributed by atoms with van der Waals surface area (Å²) in [6, 6.07) is 4.41. The van der Waals surface area contributed by atoms with Crippen molar-refractivity contribution in [2.75, 3.05) is 26.2 Å². The maximum absolute atomic E-state index is 12.6. The minimum atomic E-state index is 0. The Morgan fingerprint density at radius 2 is 1.96 bits per heavy atom. The van der Waals surface area contributed by atoms with Gasteiger partial charge in [0.25, 0.3) is 0 Å². The van der Waals surface area contributed by atoms with Gasteiger partial charge in [0.1, 0.15) is 5.58 Å². The Morgan fingerprint density at radius 1 is 1.13 bits per heavy atom. The van der Waals surface area contributed by atoms with Gasteiger partial charge in [-0.2, -0.15) is 0 Å². The summed E-state index contributed by atoms with van der Waals surface area (Å²) in [6.07, 6.45) is 6.80. The molecule has 2 heterocycles. The van der Waals surface area contributed by atoms with Gasteiger partial charge >= 0.3 is 0 Å². The van der Waals surface area contributed by atoms with Crippen LogP contribution in [0.2, 0.25) is 0 Å². The van der Waals surface area contributed by atoms with E-state index in [4.69, 9.17) is 4.42 Å². The van der Waals surface area contributed by atoms with Gasteiger partial charge in [-0.3, -0.25) is 4.79 Å². The van der Waals surface area contributed by atoms with E-state index in [0.717, 1.165) is 62.0 Å². The summed E-state index contributed by atoms with van der Waals surface area (Å²) in [5.41, 5.74) is 4.81. The Kier molecular flexibility index (Phi) is 4.93. The zero-order valence-corrected chi connectivity index (χ0v) is 14.1. The fraction of sp³-hybridized carbons (Fsp3) is 0.500. The van der Waals surface area contributed by atoms with Crippen molar-refractivity contribution in [2.24, 2.45) is 0 Å². The van der Waals surface area contributed by atoms with E-state index in [1.54, 1.807) is 6.26 Å². The highest BCUT2D eigenvalue weighted by Gasteiger charge is 2.20. The maximum atomic E-state index is 12.6. The molecule has 1 aromatic heterocycles. The number of rotatable bonds is 2. The first-order valence-electron chi connectivity index (χ1n) is 8.31. The molecule has 0 saturated carbocycles. The van der Waals surface area contributed by atoms with E-state index >= 15 is 0 Å². The number of nitrogens with zero attached hydrogens (tertiary/aromatic N) is 1. The third kappa shape index (κ3) is 3.24. The van der Waals surface area contributed by atoms with Crippen LogP contribution in [-0.2, 0) is 24.1 Å². The summed E-state index contributed by atoms with van der Waals surface area (Å²) in [4.78, 5) is 14.5. The van der Waals surface area contributed by atoms with E-state index < -0.39 is 0 Å². The standard InChI is InChI=1S/C18H22N2O2.ClH/c21-18(20-7-2-5-19-6-8-20)11-15-12-22-17-10-14-4-1-3-13(14)9-16(15)17;/h9-10,12,19H,1-8,11H2;1H. The fourth-order valence-corrected chi connectivity index (χ4v) is 3.65. The lowest BCUT2D eigenvalue weighted by Crippen LogP contribution is -2.35. The Labute approximate surface area is 142 Å². The monoisotopic (exact) mass is 334 g/mol. The van der Waals surface area contributed by atoms with Gasteiger partial charge in [0, 0.05) is 30.6 Å². The molecule has 1 aliphatic heterocycles. The van der Waals surface area contributed by atoms with Crippen LogP contribution in [0.5, 0.6) is 0 Å². The van der Waals surface area contributed by atoms with Crippen LogP contribution in [0.4, 0.5) is 0 Å². The molecule has 4 rings (SSSR count). The average Bonchev–Trinajstić information content (AvgIpc) is 3.02. The molecule has 1 aromatic carbocycles. The molecule has 1 aliphatic carbocycles. The van der Waals surface area contributed by atoms with Gasteiger partial charge in [0.2, 0.25) is 5.91 Å². The molecular formula is C18H23ClN2O2. The number of carbonyl (C=O) groups excluding carboxylic acids is 1. The summed E-state index contributed by atoms with van der Waals surface area (Å²) in [6.45, 7) is 3.57. The number of amides is 1. The highest BCUT2D eigenvalue weighted by atomic mass is 35.5. The molecule has 124 valence electrons. The summed E-state index contributed by atoms with van der Waals surface area (Å²) in [5, 5.41) is 4.46. The quantitative estimate of drug-likeness (QED) is 0.918. The summed E-state index contributed by atoms with van der Waals surface area (Å²) >= 11 is 0. The number of aryl methyl sites for hydroxylation is 2. The molecule has 5 heteroatoms. The van der Waals surface area contributed by atoms with Crippen LogP contribution in [0.3, 0.4) is 0 Å². The second-order valence-electron chi connectivity index (χ2n) is 6.39. The van der Waals surface area contributed by atoms with Gasteiger partial charge in [-0.25, -0.2) is 0 Å². The van der Waals surface area contributed by atoms with E-state index in [2.05, 4.69) is 17.4 Å². The molecule has 4 nitrogen and oxygen atoms in total. The molecule has 1 N–H and O–H groups in total. The van der Waals surface area contributed by atoms with Crippen LogP contribution in [0.25, 0.3) is 11.0 Å². The fourth-order valence-electron chi connectivity index (χ4n) is 3.65. The first kappa shape index (κ1) is 16.3. The van der Waals surface area contributed by atoms with Gasteiger partial charge in [0.15, 0.2) is 0 Å². The van der Waals surface area contributed by atoms with Crippen molar-refractivity contribution in [3.8, 4) is 0 Å². The lowest BCUT2D eigenvalue weighted by atomic mass is 10.0.